The average Bonchev–Trinajstić information content (AvgIpc) is 2.03. The van der Waals surface area contributed by atoms with Gasteiger partial charge in [-0.2, -0.15) is 0 Å². The first-order valence-corrected chi connectivity index (χ1v) is 4.09. The lowest BCUT2D eigenvalue weighted by molar-refractivity contribution is 0.274. The molecule has 0 atom stereocenters. The fourth-order valence-electron chi connectivity index (χ4n) is 0.579. The van der Waals surface area contributed by atoms with Crippen LogP contribution < -0.4 is 9.72 Å². The summed E-state index contributed by atoms with van der Waals surface area (Å²) in [6, 6.07) is 8.59. The molecule has 1 aromatic rings. The molecule has 1 rings (SSSR count). The molecular weight excluding hydrogens is 166 g/mol. The number of rotatable bonds is 3. The summed E-state index contributed by atoms with van der Waals surface area (Å²) >= 11 is 0. The summed E-state index contributed by atoms with van der Waals surface area (Å²) in [6.45, 7) is 0. The van der Waals surface area contributed by atoms with Gasteiger partial charge < -0.3 is 4.84 Å². The van der Waals surface area contributed by atoms with E-state index in [4.69, 9.17) is 0 Å². The highest BCUT2D eigenvalue weighted by Crippen LogP contribution is 2.05. The van der Waals surface area contributed by atoms with E-state index >= 15 is 0 Å². The van der Waals surface area contributed by atoms with E-state index in [-0.39, 0.29) is 0 Å². The predicted molar refractivity (Wildman–Crippen MR) is 40.5 cm³/mol. The summed E-state index contributed by atoms with van der Waals surface area (Å²) in [4.78, 5) is 6.44. The Morgan fingerprint density at radius 1 is 1.18 bits per heavy atom. The van der Waals surface area contributed by atoms with Crippen LogP contribution >= 0.6 is 0 Å². The number of nitrogens with one attached hydrogen (secondary N) is 1. The van der Waals surface area contributed by atoms with Gasteiger partial charge in [-0.05, 0) is 17.0 Å². The van der Waals surface area contributed by atoms with Crippen LogP contribution in [0.1, 0.15) is 0 Å². The Bertz CT molecular complexity index is 275. The van der Waals surface area contributed by atoms with Crippen LogP contribution in [0.3, 0.4) is 0 Å². The standard InChI is InChI=1S/C6H7NO3S/c8-11(9)7-10-6-4-2-1-3-5-6/h1-5,11H,(H,7,8,9). The van der Waals surface area contributed by atoms with Crippen molar-refractivity contribution in [2.24, 2.45) is 0 Å². The molecule has 60 valence electrons. The fraction of sp³-hybridized carbons (Fsp3) is 0. The second-order valence-corrected chi connectivity index (χ2v) is 2.46. The minimum absolute atomic E-state index is 0.465. The van der Waals surface area contributed by atoms with E-state index in [0.29, 0.717) is 5.75 Å². The minimum Gasteiger partial charge on any atom is -0.394 e. The second kappa shape index (κ2) is 3.95. The van der Waals surface area contributed by atoms with Crippen molar-refractivity contribution in [3.63, 3.8) is 0 Å². The molecule has 0 unspecified atom stereocenters. The van der Waals surface area contributed by atoms with Crippen LogP contribution in [0, 0.1) is 0 Å². The molecule has 0 aromatic heterocycles. The Labute approximate surface area is 65.8 Å². The molecule has 4 nitrogen and oxygen atoms in total. The molecule has 0 heterocycles. The van der Waals surface area contributed by atoms with Crippen LogP contribution in [0.2, 0.25) is 0 Å². The summed E-state index contributed by atoms with van der Waals surface area (Å²) in [5.41, 5.74) is 0. The van der Waals surface area contributed by atoms with E-state index in [0.717, 1.165) is 0 Å². The fourth-order valence-corrected chi connectivity index (χ4v) is 0.758. The monoisotopic (exact) mass is 173 g/mol. The maximum atomic E-state index is 9.97. The van der Waals surface area contributed by atoms with E-state index in [1.807, 2.05) is 11.0 Å². The summed E-state index contributed by atoms with van der Waals surface area (Å²) < 4.78 is 19.9. The first-order valence-electron chi connectivity index (χ1n) is 2.91. The summed E-state index contributed by atoms with van der Waals surface area (Å²) in [6.07, 6.45) is 0. The molecule has 11 heavy (non-hydrogen) atoms. The van der Waals surface area contributed by atoms with Crippen LogP contribution in [0.25, 0.3) is 0 Å². The zero-order valence-electron chi connectivity index (χ0n) is 5.56. The molecule has 1 N–H and O–H groups in total. The molecule has 0 spiro atoms. The molecular formula is C6H7NO3S. The van der Waals surface area contributed by atoms with E-state index in [1.165, 1.54) is 0 Å². The van der Waals surface area contributed by atoms with Crippen LogP contribution in [0.5, 0.6) is 5.75 Å². The normalized spacial score (nSPS) is 9.91. The van der Waals surface area contributed by atoms with Gasteiger partial charge in [0.1, 0.15) is 5.75 Å². The summed E-state index contributed by atoms with van der Waals surface area (Å²) in [5.74, 6) is 0.465. The van der Waals surface area contributed by atoms with E-state index < -0.39 is 10.9 Å². The Balaban J connectivity index is 2.52. The lowest BCUT2D eigenvalue weighted by atomic mass is 10.3. The lowest BCUT2D eigenvalue weighted by Crippen LogP contribution is -2.15. The maximum absolute atomic E-state index is 9.97. The van der Waals surface area contributed by atoms with Crippen molar-refractivity contribution < 1.29 is 13.3 Å². The van der Waals surface area contributed by atoms with Gasteiger partial charge in [0.05, 0.1) is 0 Å². The third-order valence-electron chi connectivity index (χ3n) is 0.981. The van der Waals surface area contributed by atoms with Gasteiger partial charge >= 0.3 is 0 Å². The molecule has 5 heteroatoms. The summed E-state index contributed by atoms with van der Waals surface area (Å²) in [5, 5.41) is 0. The Hall–Kier alpha value is -1.07. The van der Waals surface area contributed by atoms with Crippen molar-refractivity contribution in [2.75, 3.05) is 0 Å². The molecule has 1 aromatic carbocycles. The second-order valence-electron chi connectivity index (χ2n) is 1.76. The molecule has 0 fully saturated rings. The topological polar surface area (TPSA) is 55.4 Å². The largest absolute Gasteiger partial charge is 0.394 e. The molecule has 0 saturated carbocycles. The molecule has 0 radical (unpaired) electrons. The van der Waals surface area contributed by atoms with E-state index in [1.54, 1.807) is 24.3 Å². The van der Waals surface area contributed by atoms with E-state index in [2.05, 4.69) is 4.84 Å². The van der Waals surface area contributed by atoms with Gasteiger partial charge in [-0.1, -0.05) is 18.2 Å². The third kappa shape index (κ3) is 3.01. The Morgan fingerprint density at radius 2 is 1.82 bits per heavy atom. The quantitative estimate of drug-likeness (QED) is 0.503. The molecule has 0 amide bonds. The molecule has 0 aliphatic carbocycles. The van der Waals surface area contributed by atoms with Crippen LogP contribution in [-0.2, 0) is 10.9 Å². The number of para-hydroxylation sites is 1. The Kier molecular flexibility index (Phi) is 2.88. The van der Waals surface area contributed by atoms with Gasteiger partial charge in [-0.15, -0.1) is 0 Å². The lowest BCUT2D eigenvalue weighted by Gasteiger charge is -1.98. The minimum atomic E-state index is -2.70. The molecule has 0 saturated heterocycles. The van der Waals surface area contributed by atoms with Gasteiger partial charge in [0.2, 0.25) is 10.9 Å². The van der Waals surface area contributed by atoms with Gasteiger partial charge in [0.25, 0.3) is 0 Å². The smallest absolute Gasteiger partial charge is 0.232 e. The number of hydrogen-bond donors (Lipinski definition) is 2. The highest BCUT2D eigenvalue weighted by Gasteiger charge is 1.88. The summed E-state index contributed by atoms with van der Waals surface area (Å²) in [7, 11) is -2.70. The SMILES string of the molecule is O=[SH](=O)NOc1ccccc1. The molecule has 0 aliphatic heterocycles. The molecule has 0 bridgehead atoms. The molecule has 0 aliphatic rings. The van der Waals surface area contributed by atoms with Gasteiger partial charge in [-0.25, -0.2) is 8.42 Å². The zero-order valence-corrected chi connectivity index (χ0v) is 6.45. The van der Waals surface area contributed by atoms with Crippen LogP contribution in [0.4, 0.5) is 0 Å². The highest BCUT2D eigenvalue weighted by atomic mass is 32.2. The van der Waals surface area contributed by atoms with E-state index in [9.17, 15) is 8.42 Å². The van der Waals surface area contributed by atoms with Crippen molar-refractivity contribution in [1.29, 1.82) is 0 Å². The van der Waals surface area contributed by atoms with Crippen molar-refractivity contribution in [3.8, 4) is 5.75 Å². The van der Waals surface area contributed by atoms with Gasteiger partial charge in [0, 0.05) is 0 Å². The number of hydrogen-bond acceptors (Lipinski definition) is 3. The third-order valence-corrected chi connectivity index (χ3v) is 1.22. The van der Waals surface area contributed by atoms with Crippen molar-refractivity contribution in [3.05, 3.63) is 30.3 Å². The number of thiol groups is 1. The zero-order chi connectivity index (χ0) is 8.10. The van der Waals surface area contributed by atoms with Gasteiger partial charge in [-0.3, -0.25) is 0 Å². The number of benzene rings is 1. The van der Waals surface area contributed by atoms with Gasteiger partial charge in [0.15, 0.2) is 0 Å². The highest BCUT2D eigenvalue weighted by molar-refractivity contribution is 7.70. The maximum Gasteiger partial charge on any atom is 0.232 e. The van der Waals surface area contributed by atoms with Crippen molar-refractivity contribution in [1.82, 2.24) is 4.89 Å². The van der Waals surface area contributed by atoms with Crippen LogP contribution in [0.15, 0.2) is 30.3 Å². The predicted octanol–water partition coefficient (Wildman–Crippen LogP) is 0.0964. The first kappa shape index (κ1) is 8.03. The van der Waals surface area contributed by atoms with Crippen LogP contribution in [-0.4, -0.2) is 8.42 Å². The average molecular weight is 173 g/mol. The first-order chi connectivity index (χ1) is 5.29. The Morgan fingerprint density at radius 3 is 2.36 bits per heavy atom. The van der Waals surface area contributed by atoms with Crippen molar-refractivity contribution >= 4 is 10.9 Å². The van der Waals surface area contributed by atoms with Crippen molar-refractivity contribution in [2.45, 2.75) is 0 Å².